The molecule has 3 aliphatic heterocycles. The Hall–Kier alpha value is -4.91. The van der Waals surface area contributed by atoms with Crippen molar-refractivity contribution in [2.24, 2.45) is 5.73 Å². The molecule has 12 nitrogen and oxygen atoms in total. The van der Waals surface area contributed by atoms with Gasteiger partial charge in [0.05, 0.1) is 18.8 Å². The summed E-state index contributed by atoms with van der Waals surface area (Å²) in [6.45, 7) is 4.67. The van der Waals surface area contributed by atoms with Gasteiger partial charge in [0.2, 0.25) is 11.8 Å². The number of nitrogens with one attached hydrogen (secondary N) is 3. The smallest absolute Gasteiger partial charge is 0.334 e. The minimum absolute atomic E-state index is 0.0830. The summed E-state index contributed by atoms with van der Waals surface area (Å²) in [5.41, 5.74) is 16.6. The summed E-state index contributed by atoms with van der Waals surface area (Å²) >= 11 is 0. The van der Waals surface area contributed by atoms with Gasteiger partial charge in [-0.05, 0) is 28.8 Å². The van der Waals surface area contributed by atoms with Crippen LogP contribution in [0.3, 0.4) is 0 Å². The maximum atomic E-state index is 14.2. The lowest BCUT2D eigenvalue weighted by molar-refractivity contribution is -0.189. The summed E-state index contributed by atoms with van der Waals surface area (Å²) in [5.74, 6) is -0.369. The van der Waals surface area contributed by atoms with Crippen LogP contribution < -0.4 is 21.9 Å². The molecule has 0 aliphatic carbocycles. The number of hydrazine groups is 2. The third-order valence-electron chi connectivity index (χ3n) is 8.26. The van der Waals surface area contributed by atoms with Crippen LogP contribution >= 0.6 is 0 Å². The number of phenols is 1. The fraction of sp³-hybridized carbons (Fsp3) is 0.281. The second kappa shape index (κ2) is 12.4. The maximum absolute atomic E-state index is 14.2. The van der Waals surface area contributed by atoms with Gasteiger partial charge >= 0.3 is 6.03 Å². The first-order valence-electron chi connectivity index (χ1n) is 14.6. The lowest BCUT2D eigenvalue weighted by Gasteiger charge is -2.55. The standard InChI is InChI=1S/C32H36N8O4/c1-2-15-38-20-28(42)39-26(16-21-11-13-24(41)14-12-21)31(43)37(18-23-9-6-10-25-29(23)35-36-30(25)33)19-27(39)40(38)32(44)34-17-22-7-4-3-5-8-22/h2-14,26-27,30,35-36,41H,1,15-20,33H2,(H,34,44)/t26-,27-,30?/m0/s1. The first-order chi connectivity index (χ1) is 21.3. The number of hydrogen-bond donors (Lipinski definition) is 5. The number of anilines is 1. The normalized spacial score (nSPS) is 21.5. The van der Waals surface area contributed by atoms with E-state index in [-0.39, 0.29) is 62.4 Å². The third-order valence-corrected chi connectivity index (χ3v) is 8.26. The van der Waals surface area contributed by atoms with Gasteiger partial charge in [-0.1, -0.05) is 66.7 Å². The van der Waals surface area contributed by atoms with E-state index in [4.69, 9.17) is 5.73 Å². The molecule has 6 rings (SSSR count). The van der Waals surface area contributed by atoms with Crippen molar-refractivity contribution < 1.29 is 19.5 Å². The number of aromatic hydroxyl groups is 1. The van der Waals surface area contributed by atoms with E-state index >= 15 is 0 Å². The number of urea groups is 1. The zero-order valence-corrected chi connectivity index (χ0v) is 24.2. The van der Waals surface area contributed by atoms with E-state index < -0.39 is 12.2 Å². The van der Waals surface area contributed by atoms with Crippen molar-refractivity contribution in [1.29, 1.82) is 0 Å². The van der Waals surface area contributed by atoms with E-state index in [1.807, 2.05) is 48.5 Å². The van der Waals surface area contributed by atoms with Crippen LogP contribution in [-0.2, 0) is 29.1 Å². The number of para-hydroxylation sites is 1. The van der Waals surface area contributed by atoms with Crippen molar-refractivity contribution in [2.45, 2.75) is 37.9 Å². The number of nitrogens with two attached hydrogens (primary N) is 1. The number of carbonyl (C=O) groups is 3. The molecule has 4 amide bonds. The fourth-order valence-electron chi connectivity index (χ4n) is 6.15. The van der Waals surface area contributed by atoms with Crippen molar-refractivity contribution in [2.75, 3.05) is 25.1 Å². The highest BCUT2D eigenvalue weighted by Crippen LogP contribution is 2.33. The Labute approximate surface area is 255 Å². The van der Waals surface area contributed by atoms with Gasteiger partial charge in [-0.3, -0.25) is 9.59 Å². The second-order valence-corrected chi connectivity index (χ2v) is 11.1. The molecule has 0 aromatic heterocycles. The predicted octanol–water partition coefficient (Wildman–Crippen LogP) is 2.02. The van der Waals surface area contributed by atoms with Crippen LogP contribution in [0.1, 0.15) is 28.4 Å². The number of phenolic OH excluding ortho intramolecular Hbond substituents is 1. The molecule has 3 atom stereocenters. The van der Waals surface area contributed by atoms with Crippen LogP contribution in [0.5, 0.6) is 5.75 Å². The molecule has 2 fully saturated rings. The Morgan fingerprint density at radius 2 is 1.82 bits per heavy atom. The number of benzene rings is 3. The van der Waals surface area contributed by atoms with Crippen molar-refractivity contribution in [3.8, 4) is 5.75 Å². The van der Waals surface area contributed by atoms with E-state index in [2.05, 4.69) is 22.7 Å². The van der Waals surface area contributed by atoms with Crippen LogP contribution in [0.25, 0.3) is 0 Å². The van der Waals surface area contributed by atoms with Crippen molar-refractivity contribution in [3.05, 3.63) is 108 Å². The summed E-state index contributed by atoms with van der Waals surface area (Å²) in [6.07, 6.45) is 0.717. The molecule has 0 bridgehead atoms. The highest BCUT2D eigenvalue weighted by atomic mass is 16.3. The summed E-state index contributed by atoms with van der Waals surface area (Å²) in [4.78, 5) is 45.2. The van der Waals surface area contributed by atoms with Crippen molar-refractivity contribution in [1.82, 2.24) is 30.6 Å². The third kappa shape index (κ3) is 5.70. The van der Waals surface area contributed by atoms with Crippen LogP contribution in [0.2, 0.25) is 0 Å². The lowest BCUT2D eigenvalue weighted by atomic mass is 9.97. The van der Waals surface area contributed by atoms with Gasteiger partial charge in [0.25, 0.3) is 0 Å². The molecule has 3 aliphatic rings. The van der Waals surface area contributed by atoms with Gasteiger partial charge in [0, 0.05) is 31.6 Å². The zero-order chi connectivity index (χ0) is 30.8. The number of hydrogen-bond acceptors (Lipinski definition) is 8. The van der Waals surface area contributed by atoms with Gasteiger partial charge in [-0.25, -0.2) is 20.2 Å². The van der Waals surface area contributed by atoms with Gasteiger partial charge < -0.3 is 31.4 Å². The number of fused-ring (bicyclic) bond motifs is 2. The average molecular weight is 597 g/mol. The number of carbonyl (C=O) groups excluding carboxylic acids is 3. The van der Waals surface area contributed by atoms with Crippen molar-refractivity contribution in [3.63, 3.8) is 0 Å². The highest BCUT2D eigenvalue weighted by molar-refractivity contribution is 5.92. The van der Waals surface area contributed by atoms with Crippen LogP contribution in [-0.4, -0.2) is 74.6 Å². The van der Waals surface area contributed by atoms with E-state index in [0.717, 1.165) is 27.9 Å². The topological polar surface area (TPSA) is 147 Å². The average Bonchev–Trinajstić information content (AvgIpc) is 3.41. The van der Waals surface area contributed by atoms with Gasteiger partial charge in [-0.2, -0.15) is 0 Å². The molecule has 3 heterocycles. The largest absolute Gasteiger partial charge is 0.508 e. The molecule has 44 heavy (non-hydrogen) atoms. The minimum Gasteiger partial charge on any atom is -0.508 e. The molecule has 0 radical (unpaired) electrons. The number of amides is 4. The van der Waals surface area contributed by atoms with E-state index in [1.54, 1.807) is 50.2 Å². The maximum Gasteiger partial charge on any atom is 0.334 e. The van der Waals surface area contributed by atoms with Crippen LogP contribution in [0.4, 0.5) is 10.5 Å². The van der Waals surface area contributed by atoms with Crippen LogP contribution in [0.15, 0.2) is 85.5 Å². The van der Waals surface area contributed by atoms with Gasteiger partial charge in [0.15, 0.2) is 0 Å². The molecule has 6 N–H and O–H groups in total. The molecule has 1 unspecified atom stereocenters. The zero-order valence-electron chi connectivity index (χ0n) is 24.2. The molecule has 3 aromatic rings. The Morgan fingerprint density at radius 1 is 1.05 bits per heavy atom. The Bertz CT molecular complexity index is 1550. The summed E-state index contributed by atoms with van der Waals surface area (Å²) in [6, 6.07) is 20.7. The molecule has 0 saturated carbocycles. The Balaban J connectivity index is 1.35. The summed E-state index contributed by atoms with van der Waals surface area (Å²) in [5, 5.41) is 16.1. The predicted molar refractivity (Wildman–Crippen MR) is 164 cm³/mol. The quantitative estimate of drug-likeness (QED) is 0.248. The summed E-state index contributed by atoms with van der Waals surface area (Å²) in [7, 11) is 0. The monoisotopic (exact) mass is 596 g/mol. The first-order valence-corrected chi connectivity index (χ1v) is 14.6. The second-order valence-electron chi connectivity index (χ2n) is 11.1. The number of piperazine rings is 1. The van der Waals surface area contributed by atoms with E-state index in [1.165, 1.54) is 0 Å². The lowest BCUT2D eigenvalue weighted by Crippen LogP contribution is -2.76. The molecular weight excluding hydrogens is 560 g/mol. The highest BCUT2D eigenvalue weighted by Gasteiger charge is 2.51. The van der Waals surface area contributed by atoms with E-state index in [9.17, 15) is 19.5 Å². The SMILES string of the molecule is C=CCN1CC(=O)N2[C@@H](Cc3ccc(O)cc3)C(=O)N(Cc3cccc4c3NNC4N)C[C@@H]2N1C(=O)NCc1ccccc1. The fourth-order valence-corrected chi connectivity index (χ4v) is 6.15. The molecule has 0 spiro atoms. The summed E-state index contributed by atoms with van der Waals surface area (Å²) < 4.78 is 0. The Kier molecular flexibility index (Phi) is 8.20. The molecular formula is C32H36N8O4. The van der Waals surface area contributed by atoms with Crippen molar-refractivity contribution >= 4 is 23.5 Å². The Morgan fingerprint density at radius 3 is 2.57 bits per heavy atom. The molecule has 12 heteroatoms. The van der Waals surface area contributed by atoms with Gasteiger partial charge in [0.1, 0.15) is 24.1 Å². The molecule has 228 valence electrons. The minimum atomic E-state index is -0.869. The number of rotatable bonds is 8. The van der Waals surface area contributed by atoms with Crippen LogP contribution in [0, 0.1) is 0 Å². The molecule has 3 aromatic carbocycles. The number of nitrogens with zero attached hydrogens (tertiary/aromatic N) is 4. The van der Waals surface area contributed by atoms with E-state index in [0.29, 0.717) is 6.54 Å². The van der Waals surface area contributed by atoms with Gasteiger partial charge in [-0.15, -0.1) is 6.58 Å². The first kappa shape index (κ1) is 29.2. The molecule has 2 saturated heterocycles.